The summed E-state index contributed by atoms with van der Waals surface area (Å²) in [6.45, 7) is 11.6. The second-order valence-electron chi connectivity index (χ2n) is 5.63. The van der Waals surface area contributed by atoms with E-state index in [4.69, 9.17) is 0 Å². The molecule has 0 aliphatic heterocycles. The summed E-state index contributed by atoms with van der Waals surface area (Å²) < 4.78 is 0. The van der Waals surface area contributed by atoms with Crippen LogP contribution in [0.1, 0.15) is 46.5 Å². The molecule has 1 N–H and O–H groups in total. The average molecular weight is 268 g/mol. The van der Waals surface area contributed by atoms with E-state index >= 15 is 0 Å². The second kappa shape index (κ2) is 6.19. The highest BCUT2D eigenvalue weighted by molar-refractivity contribution is 5.37. The Kier molecular flexibility index (Phi) is 4.56. The summed E-state index contributed by atoms with van der Waals surface area (Å²) in [7, 11) is 0. The van der Waals surface area contributed by atoms with E-state index in [0.29, 0.717) is 0 Å². The number of rotatable bonds is 4. The van der Waals surface area contributed by atoms with E-state index in [0.717, 1.165) is 12.2 Å². The van der Waals surface area contributed by atoms with Crippen LogP contribution in [0.3, 0.4) is 0 Å². The Hall–Kier alpha value is -1.67. The van der Waals surface area contributed by atoms with E-state index in [1.807, 2.05) is 6.20 Å². The van der Waals surface area contributed by atoms with Gasteiger partial charge in [0.25, 0.3) is 0 Å². The van der Waals surface area contributed by atoms with E-state index in [2.05, 4.69) is 69.2 Å². The van der Waals surface area contributed by atoms with E-state index < -0.39 is 0 Å². The van der Waals surface area contributed by atoms with Crippen molar-refractivity contribution < 1.29 is 0 Å². The standard InChI is InChI=1S/C18H24N2/c1-6-19-18(16-9-12(2)7-13(3)10-16)17-15(5)8-14(4)11-20-17/h7-11,18-19H,6H2,1-5H3. The zero-order valence-corrected chi connectivity index (χ0v) is 13.1. The van der Waals surface area contributed by atoms with Gasteiger partial charge in [0.1, 0.15) is 0 Å². The van der Waals surface area contributed by atoms with Crippen LogP contribution in [-0.4, -0.2) is 11.5 Å². The van der Waals surface area contributed by atoms with Gasteiger partial charge in [-0.1, -0.05) is 42.3 Å². The SMILES string of the molecule is CCNC(c1cc(C)cc(C)c1)c1ncc(C)cc1C. The maximum absolute atomic E-state index is 4.67. The monoisotopic (exact) mass is 268 g/mol. The third kappa shape index (κ3) is 3.26. The number of hydrogen-bond acceptors (Lipinski definition) is 2. The number of pyridine rings is 1. The molecule has 1 atom stereocenters. The van der Waals surface area contributed by atoms with Crippen LogP contribution in [0.15, 0.2) is 30.5 Å². The lowest BCUT2D eigenvalue weighted by Gasteiger charge is -2.21. The van der Waals surface area contributed by atoms with E-state index in [9.17, 15) is 0 Å². The highest BCUT2D eigenvalue weighted by Crippen LogP contribution is 2.25. The minimum absolute atomic E-state index is 0.166. The van der Waals surface area contributed by atoms with Gasteiger partial charge in [0, 0.05) is 6.20 Å². The van der Waals surface area contributed by atoms with Gasteiger partial charge in [-0.05, 0) is 50.9 Å². The lowest BCUT2D eigenvalue weighted by molar-refractivity contribution is 0.611. The van der Waals surface area contributed by atoms with Crippen molar-refractivity contribution in [1.82, 2.24) is 10.3 Å². The van der Waals surface area contributed by atoms with Crippen LogP contribution in [0.4, 0.5) is 0 Å². The van der Waals surface area contributed by atoms with Crippen LogP contribution < -0.4 is 5.32 Å². The van der Waals surface area contributed by atoms with Gasteiger partial charge >= 0.3 is 0 Å². The highest BCUT2D eigenvalue weighted by atomic mass is 14.9. The number of hydrogen-bond donors (Lipinski definition) is 1. The van der Waals surface area contributed by atoms with Crippen LogP contribution in [-0.2, 0) is 0 Å². The molecule has 106 valence electrons. The average Bonchev–Trinajstić information content (AvgIpc) is 2.35. The first-order chi connectivity index (χ1) is 9.51. The normalized spacial score (nSPS) is 12.4. The fourth-order valence-corrected chi connectivity index (χ4v) is 2.78. The van der Waals surface area contributed by atoms with Crippen LogP contribution in [0.25, 0.3) is 0 Å². The molecule has 0 bridgehead atoms. The van der Waals surface area contributed by atoms with Crippen molar-refractivity contribution in [1.29, 1.82) is 0 Å². The predicted octanol–water partition coefficient (Wildman–Crippen LogP) is 4.01. The van der Waals surface area contributed by atoms with Crippen molar-refractivity contribution in [2.75, 3.05) is 6.54 Å². The van der Waals surface area contributed by atoms with E-state index in [1.165, 1.54) is 27.8 Å². The molecule has 0 fully saturated rings. The summed E-state index contributed by atoms with van der Waals surface area (Å²) in [6, 6.07) is 9.08. The molecule has 0 saturated carbocycles. The number of nitrogens with zero attached hydrogens (tertiary/aromatic N) is 1. The van der Waals surface area contributed by atoms with Crippen LogP contribution >= 0.6 is 0 Å². The van der Waals surface area contributed by atoms with Gasteiger partial charge in [0.2, 0.25) is 0 Å². The zero-order valence-electron chi connectivity index (χ0n) is 13.1. The van der Waals surface area contributed by atoms with Gasteiger partial charge < -0.3 is 5.32 Å². The molecular formula is C18H24N2. The lowest BCUT2D eigenvalue weighted by Crippen LogP contribution is -2.24. The number of benzene rings is 1. The van der Waals surface area contributed by atoms with Gasteiger partial charge in [-0.25, -0.2) is 0 Å². The smallest absolute Gasteiger partial charge is 0.0754 e. The zero-order chi connectivity index (χ0) is 14.7. The molecule has 1 aromatic carbocycles. The quantitative estimate of drug-likeness (QED) is 0.906. The molecule has 0 saturated heterocycles. The molecule has 0 aliphatic rings. The first-order valence-corrected chi connectivity index (χ1v) is 7.26. The molecule has 20 heavy (non-hydrogen) atoms. The molecule has 0 spiro atoms. The van der Waals surface area contributed by atoms with Crippen molar-refractivity contribution in [2.45, 2.75) is 40.7 Å². The largest absolute Gasteiger partial charge is 0.305 e. The van der Waals surface area contributed by atoms with Gasteiger partial charge in [-0.15, -0.1) is 0 Å². The van der Waals surface area contributed by atoms with Crippen LogP contribution in [0.2, 0.25) is 0 Å². The fourth-order valence-electron chi connectivity index (χ4n) is 2.78. The third-order valence-corrected chi connectivity index (χ3v) is 3.51. The minimum Gasteiger partial charge on any atom is -0.305 e. The van der Waals surface area contributed by atoms with E-state index in [-0.39, 0.29) is 6.04 Å². The van der Waals surface area contributed by atoms with Crippen LogP contribution in [0, 0.1) is 27.7 Å². The molecule has 1 aromatic heterocycles. The minimum atomic E-state index is 0.166. The molecule has 0 aliphatic carbocycles. The van der Waals surface area contributed by atoms with Crippen LogP contribution in [0.5, 0.6) is 0 Å². The van der Waals surface area contributed by atoms with E-state index in [1.54, 1.807) is 0 Å². The van der Waals surface area contributed by atoms with Gasteiger partial charge in [-0.2, -0.15) is 0 Å². The Balaban J connectivity index is 2.49. The lowest BCUT2D eigenvalue weighted by atomic mass is 9.96. The molecule has 1 heterocycles. The Morgan fingerprint density at radius 3 is 2.15 bits per heavy atom. The topological polar surface area (TPSA) is 24.9 Å². The highest BCUT2D eigenvalue weighted by Gasteiger charge is 2.17. The Morgan fingerprint density at radius 1 is 0.950 bits per heavy atom. The molecule has 2 rings (SSSR count). The summed E-state index contributed by atoms with van der Waals surface area (Å²) in [5.41, 5.74) is 7.48. The van der Waals surface area contributed by atoms with Crippen molar-refractivity contribution in [2.24, 2.45) is 0 Å². The maximum atomic E-state index is 4.67. The van der Waals surface area contributed by atoms with Gasteiger partial charge in [-0.3, -0.25) is 4.98 Å². The Bertz CT molecular complexity index is 582. The number of nitrogens with one attached hydrogen (secondary N) is 1. The number of aromatic nitrogens is 1. The summed E-state index contributed by atoms with van der Waals surface area (Å²) in [5, 5.41) is 3.57. The van der Waals surface area contributed by atoms with Crippen molar-refractivity contribution in [3.63, 3.8) is 0 Å². The fraction of sp³-hybridized carbons (Fsp3) is 0.389. The van der Waals surface area contributed by atoms with Crippen molar-refractivity contribution in [3.8, 4) is 0 Å². The molecule has 2 heteroatoms. The predicted molar refractivity (Wildman–Crippen MR) is 85.1 cm³/mol. The summed E-state index contributed by atoms with van der Waals surface area (Å²) in [5.74, 6) is 0. The van der Waals surface area contributed by atoms with Crippen molar-refractivity contribution >= 4 is 0 Å². The Morgan fingerprint density at radius 2 is 1.60 bits per heavy atom. The van der Waals surface area contributed by atoms with Gasteiger partial charge in [0.15, 0.2) is 0 Å². The molecule has 2 aromatic rings. The van der Waals surface area contributed by atoms with Gasteiger partial charge in [0.05, 0.1) is 11.7 Å². The first-order valence-electron chi connectivity index (χ1n) is 7.26. The maximum Gasteiger partial charge on any atom is 0.0754 e. The number of aryl methyl sites for hydroxylation is 4. The van der Waals surface area contributed by atoms with Crippen molar-refractivity contribution in [3.05, 3.63) is 64.0 Å². The molecular weight excluding hydrogens is 244 g/mol. The second-order valence-corrected chi connectivity index (χ2v) is 5.63. The molecule has 2 nitrogen and oxygen atoms in total. The summed E-state index contributed by atoms with van der Waals surface area (Å²) in [6.07, 6.45) is 1.95. The summed E-state index contributed by atoms with van der Waals surface area (Å²) in [4.78, 5) is 4.67. The third-order valence-electron chi connectivity index (χ3n) is 3.51. The summed E-state index contributed by atoms with van der Waals surface area (Å²) >= 11 is 0. The first kappa shape index (κ1) is 14.7. The molecule has 1 unspecified atom stereocenters. The molecule has 0 amide bonds. The molecule has 0 radical (unpaired) electrons. The Labute approximate surface area is 122 Å².